The molecule has 1 aliphatic heterocycles. The molecule has 0 aliphatic carbocycles. The van der Waals surface area contributed by atoms with Crippen LogP contribution in [0, 0.1) is 0 Å². The second-order valence-electron chi connectivity index (χ2n) is 7.54. The topological polar surface area (TPSA) is 76.5 Å². The van der Waals surface area contributed by atoms with E-state index in [0.717, 1.165) is 32.8 Å². The van der Waals surface area contributed by atoms with Gasteiger partial charge >= 0.3 is 0 Å². The van der Waals surface area contributed by atoms with E-state index < -0.39 is 5.25 Å². The van der Waals surface area contributed by atoms with Crippen molar-refractivity contribution in [2.45, 2.75) is 17.3 Å². The quantitative estimate of drug-likeness (QED) is 0.421. The SMILES string of the molecule is CC(Sc1nc2ccccc2c(=O)n1-c1cccc(Cl)c1)C(=O)NCCN1CCOCC1. The fourth-order valence-electron chi connectivity index (χ4n) is 3.55. The highest BCUT2D eigenvalue weighted by Crippen LogP contribution is 2.26. The highest BCUT2D eigenvalue weighted by Gasteiger charge is 2.20. The Morgan fingerprint density at radius 2 is 2.00 bits per heavy atom. The Hall–Kier alpha value is -2.39. The standard InChI is InChI=1S/C23H25ClN4O3S/c1-16(21(29)25-9-10-27-11-13-31-14-12-27)32-23-26-20-8-3-2-7-19(20)22(30)28(23)18-6-4-5-17(24)15-18/h2-8,15-16H,9-14H2,1H3,(H,25,29). The van der Waals surface area contributed by atoms with E-state index in [4.69, 9.17) is 21.3 Å². The number of hydrogen-bond acceptors (Lipinski definition) is 6. The molecule has 3 aromatic rings. The van der Waals surface area contributed by atoms with Crippen LogP contribution in [0.5, 0.6) is 0 Å². The molecule has 2 heterocycles. The number of benzene rings is 2. The smallest absolute Gasteiger partial charge is 0.266 e. The van der Waals surface area contributed by atoms with E-state index in [-0.39, 0.29) is 11.5 Å². The average molecular weight is 473 g/mol. The Bertz CT molecular complexity index is 1160. The molecule has 9 heteroatoms. The van der Waals surface area contributed by atoms with Gasteiger partial charge in [-0.2, -0.15) is 0 Å². The van der Waals surface area contributed by atoms with Gasteiger partial charge in [-0.15, -0.1) is 0 Å². The lowest BCUT2D eigenvalue weighted by Crippen LogP contribution is -2.42. The lowest BCUT2D eigenvalue weighted by atomic mass is 10.2. The lowest BCUT2D eigenvalue weighted by molar-refractivity contribution is -0.120. The number of carbonyl (C=O) groups excluding carboxylic acids is 1. The Morgan fingerprint density at radius 1 is 1.22 bits per heavy atom. The van der Waals surface area contributed by atoms with E-state index in [2.05, 4.69) is 10.2 Å². The number of thioether (sulfide) groups is 1. The molecule has 0 radical (unpaired) electrons. The Labute approximate surface area is 195 Å². The molecular weight excluding hydrogens is 448 g/mol. The largest absolute Gasteiger partial charge is 0.379 e. The van der Waals surface area contributed by atoms with E-state index in [1.54, 1.807) is 36.4 Å². The molecule has 1 N–H and O–H groups in total. The third-order valence-corrected chi connectivity index (χ3v) is 6.58. The summed E-state index contributed by atoms with van der Waals surface area (Å²) < 4.78 is 6.88. The maximum absolute atomic E-state index is 13.3. The van der Waals surface area contributed by atoms with Gasteiger partial charge in [0, 0.05) is 31.2 Å². The normalized spacial score (nSPS) is 15.6. The highest BCUT2D eigenvalue weighted by molar-refractivity contribution is 8.00. The molecular formula is C23H25ClN4O3S. The van der Waals surface area contributed by atoms with Crippen LogP contribution in [0.3, 0.4) is 0 Å². The predicted octanol–water partition coefficient (Wildman–Crippen LogP) is 2.97. The van der Waals surface area contributed by atoms with Crippen LogP contribution in [0.2, 0.25) is 5.02 Å². The van der Waals surface area contributed by atoms with E-state index >= 15 is 0 Å². The van der Waals surface area contributed by atoms with E-state index in [1.807, 2.05) is 19.1 Å². The number of fused-ring (bicyclic) bond motifs is 1. The first kappa shape index (κ1) is 22.8. The Morgan fingerprint density at radius 3 is 2.78 bits per heavy atom. The number of rotatable bonds is 7. The van der Waals surface area contributed by atoms with Crippen molar-refractivity contribution in [2.24, 2.45) is 0 Å². The molecule has 168 valence electrons. The van der Waals surface area contributed by atoms with Gasteiger partial charge in [0.25, 0.3) is 5.56 Å². The third-order valence-electron chi connectivity index (χ3n) is 5.29. The molecule has 32 heavy (non-hydrogen) atoms. The van der Waals surface area contributed by atoms with Crippen LogP contribution in [0.1, 0.15) is 6.92 Å². The van der Waals surface area contributed by atoms with E-state index in [9.17, 15) is 9.59 Å². The zero-order valence-electron chi connectivity index (χ0n) is 17.8. The molecule has 1 saturated heterocycles. The number of amides is 1. The number of para-hydroxylation sites is 1. The minimum Gasteiger partial charge on any atom is -0.379 e. The monoisotopic (exact) mass is 472 g/mol. The fraction of sp³-hybridized carbons (Fsp3) is 0.348. The van der Waals surface area contributed by atoms with Crippen molar-refractivity contribution >= 4 is 40.2 Å². The van der Waals surface area contributed by atoms with Crippen LogP contribution in [0.15, 0.2) is 58.5 Å². The zero-order valence-corrected chi connectivity index (χ0v) is 19.4. The van der Waals surface area contributed by atoms with Gasteiger partial charge in [0.05, 0.1) is 35.1 Å². The fourth-order valence-corrected chi connectivity index (χ4v) is 4.69. The second kappa shape index (κ2) is 10.5. The van der Waals surface area contributed by atoms with Crippen LogP contribution >= 0.6 is 23.4 Å². The van der Waals surface area contributed by atoms with Crippen molar-refractivity contribution in [1.29, 1.82) is 0 Å². The summed E-state index contributed by atoms with van der Waals surface area (Å²) in [6.07, 6.45) is 0. The number of halogens is 1. The molecule has 1 amide bonds. The lowest BCUT2D eigenvalue weighted by Gasteiger charge is -2.26. The molecule has 1 unspecified atom stereocenters. The number of aromatic nitrogens is 2. The number of hydrogen-bond donors (Lipinski definition) is 1. The van der Waals surface area contributed by atoms with Gasteiger partial charge in [0.1, 0.15) is 0 Å². The highest BCUT2D eigenvalue weighted by atomic mass is 35.5. The molecule has 2 aromatic carbocycles. The summed E-state index contributed by atoms with van der Waals surface area (Å²) in [5, 5.41) is 4.04. The van der Waals surface area contributed by atoms with Crippen molar-refractivity contribution in [3.8, 4) is 5.69 Å². The number of ether oxygens (including phenoxy) is 1. The van der Waals surface area contributed by atoms with Gasteiger partial charge in [0.2, 0.25) is 5.91 Å². The minimum atomic E-state index is -0.432. The van der Waals surface area contributed by atoms with Gasteiger partial charge in [-0.1, -0.05) is 41.6 Å². The summed E-state index contributed by atoms with van der Waals surface area (Å²) >= 11 is 7.43. The van der Waals surface area contributed by atoms with Crippen molar-refractivity contribution in [1.82, 2.24) is 19.8 Å². The summed E-state index contributed by atoms with van der Waals surface area (Å²) in [4.78, 5) is 33.0. The average Bonchev–Trinajstić information content (AvgIpc) is 2.80. The predicted molar refractivity (Wildman–Crippen MR) is 128 cm³/mol. The molecule has 0 saturated carbocycles. The van der Waals surface area contributed by atoms with Gasteiger partial charge in [-0.25, -0.2) is 4.98 Å². The number of morpholine rings is 1. The van der Waals surface area contributed by atoms with Crippen LogP contribution in [0.4, 0.5) is 0 Å². The number of nitrogens with one attached hydrogen (secondary N) is 1. The summed E-state index contributed by atoms with van der Waals surface area (Å²) in [5.41, 5.74) is 1.02. The summed E-state index contributed by atoms with van der Waals surface area (Å²) in [7, 11) is 0. The third kappa shape index (κ3) is 5.32. The van der Waals surface area contributed by atoms with E-state index in [0.29, 0.717) is 33.3 Å². The van der Waals surface area contributed by atoms with Crippen molar-refractivity contribution in [2.75, 3.05) is 39.4 Å². The molecule has 0 bridgehead atoms. The van der Waals surface area contributed by atoms with Crippen LogP contribution in [-0.4, -0.2) is 65.0 Å². The first-order valence-electron chi connectivity index (χ1n) is 10.5. The number of carbonyl (C=O) groups is 1. The maximum Gasteiger partial charge on any atom is 0.266 e. The minimum absolute atomic E-state index is 0.0942. The van der Waals surface area contributed by atoms with Gasteiger partial charge in [-0.05, 0) is 37.3 Å². The van der Waals surface area contributed by atoms with Crippen LogP contribution in [-0.2, 0) is 9.53 Å². The molecule has 4 rings (SSSR count). The van der Waals surface area contributed by atoms with Crippen molar-refractivity contribution in [3.63, 3.8) is 0 Å². The van der Waals surface area contributed by atoms with Gasteiger partial charge < -0.3 is 10.1 Å². The Kier molecular flexibility index (Phi) is 7.47. The first-order chi connectivity index (χ1) is 15.5. The summed E-state index contributed by atoms with van der Waals surface area (Å²) in [5.74, 6) is -0.0942. The van der Waals surface area contributed by atoms with Crippen LogP contribution < -0.4 is 10.9 Å². The molecule has 1 fully saturated rings. The molecule has 0 spiro atoms. The second-order valence-corrected chi connectivity index (χ2v) is 9.28. The molecule has 7 nitrogen and oxygen atoms in total. The number of nitrogens with zero attached hydrogens (tertiary/aromatic N) is 3. The van der Waals surface area contributed by atoms with Crippen LogP contribution in [0.25, 0.3) is 16.6 Å². The Balaban J connectivity index is 1.55. The van der Waals surface area contributed by atoms with Crippen molar-refractivity contribution in [3.05, 3.63) is 63.9 Å². The molecule has 1 aliphatic rings. The molecule has 1 atom stereocenters. The van der Waals surface area contributed by atoms with E-state index in [1.165, 1.54) is 16.3 Å². The summed E-state index contributed by atoms with van der Waals surface area (Å²) in [6, 6.07) is 14.3. The van der Waals surface area contributed by atoms with Gasteiger partial charge in [0.15, 0.2) is 5.16 Å². The van der Waals surface area contributed by atoms with Gasteiger partial charge in [-0.3, -0.25) is 19.1 Å². The first-order valence-corrected chi connectivity index (χ1v) is 11.8. The van der Waals surface area contributed by atoms with Crippen molar-refractivity contribution < 1.29 is 9.53 Å². The molecule has 1 aromatic heterocycles. The zero-order chi connectivity index (χ0) is 22.5. The maximum atomic E-state index is 13.3. The summed E-state index contributed by atoms with van der Waals surface area (Å²) in [6.45, 7) is 6.40.